The predicted octanol–water partition coefficient (Wildman–Crippen LogP) is 2.95. The van der Waals surface area contributed by atoms with E-state index in [9.17, 15) is 4.79 Å². The minimum atomic E-state index is 0.0978. The Hall–Kier alpha value is -2.23. The van der Waals surface area contributed by atoms with Gasteiger partial charge in [-0.25, -0.2) is 0 Å². The van der Waals surface area contributed by atoms with Gasteiger partial charge in [0.05, 0.1) is 11.4 Å². The number of nitrogens with zero attached hydrogens (tertiary/aromatic N) is 2. The molecule has 0 aromatic carbocycles. The molecule has 0 aliphatic carbocycles. The van der Waals surface area contributed by atoms with E-state index >= 15 is 0 Å². The molecule has 0 unspecified atom stereocenters. The molecule has 4 nitrogen and oxygen atoms in total. The van der Waals surface area contributed by atoms with Crippen LogP contribution in [0.15, 0.2) is 42.7 Å². The van der Waals surface area contributed by atoms with E-state index in [4.69, 9.17) is 0 Å². The summed E-state index contributed by atoms with van der Waals surface area (Å²) in [6, 6.07) is 9.64. The number of amides is 1. The quantitative estimate of drug-likeness (QED) is 0.877. The maximum absolute atomic E-state index is 11.5. The van der Waals surface area contributed by atoms with Crippen molar-refractivity contribution < 1.29 is 4.79 Å². The summed E-state index contributed by atoms with van der Waals surface area (Å²) in [5.74, 6) is 0.0978. The van der Waals surface area contributed by atoms with Crippen LogP contribution in [0.2, 0.25) is 0 Å². The Morgan fingerprint density at radius 1 is 1.15 bits per heavy atom. The fourth-order valence-corrected chi connectivity index (χ4v) is 1.82. The SMILES string of the molecule is CCCCC(=O)NCc1ccc(-c2ccccn2)nc1. The van der Waals surface area contributed by atoms with Crippen molar-refractivity contribution >= 4 is 5.91 Å². The van der Waals surface area contributed by atoms with Crippen molar-refractivity contribution in [1.29, 1.82) is 0 Å². The first-order chi connectivity index (χ1) is 9.79. The molecule has 0 atom stereocenters. The van der Waals surface area contributed by atoms with E-state index in [1.54, 1.807) is 12.4 Å². The van der Waals surface area contributed by atoms with Crippen LogP contribution in [0.3, 0.4) is 0 Å². The van der Waals surface area contributed by atoms with E-state index in [1.807, 2.05) is 30.3 Å². The number of rotatable bonds is 6. The van der Waals surface area contributed by atoms with Crippen molar-refractivity contribution in [3.63, 3.8) is 0 Å². The fourth-order valence-electron chi connectivity index (χ4n) is 1.82. The Morgan fingerprint density at radius 2 is 2.00 bits per heavy atom. The Morgan fingerprint density at radius 3 is 2.65 bits per heavy atom. The molecule has 0 spiro atoms. The second kappa shape index (κ2) is 7.38. The molecular formula is C16H19N3O. The van der Waals surface area contributed by atoms with Gasteiger partial charge in [-0.1, -0.05) is 25.5 Å². The predicted molar refractivity (Wildman–Crippen MR) is 78.8 cm³/mol. The van der Waals surface area contributed by atoms with Crippen molar-refractivity contribution in [1.82, 2.24) is 15.3 Å². The Kier molecular flexibility index (Phi) is 5.24. The van der Waals surface area contributed by atoms with Gasteiger partial charge in [0, 0.05) is 25.4 Å². The lowest BCUT2D eigenvalue weighted by Crippen LogP contribution is -2.22. The van der Waals surface area contributed by atoms with Gasteiger partial charge in [0.1, 0.15) is 0 Å². The number of nitrogens with one attached hydrogen (secondary N) is 1. The minimum absolute atomic E-state index is 0.0978. The van der Waals surface area contributed by atoms with E-state index in [-0.39, 0.29) is 5.91 Å². The number of pyridine rings is 2. The van der Waals surface area contributed by atoms with Gasteiger partial charge in [-0.3, -0.25) is 14.8 Å². The van der Waals surface area contributed by atoms with Crippen LogP contribution >= 0.6 is 0 Å². The standard InChI is InChI=1S/C16H19N3O/c1-2-3-7-16(20)19-12-13-8-9-15(18-11-13)14-6-4-5-10-17-14/h4-6,8-11H,2-3,7,12H2,1H3,(H,19,20). The maximum atomic E-state index is 11.5. The number of hydrogen-bond donors (Lipinski definition) is 1. The van der Waals surface area contributed by atoms with Crippen LogP contribution in [-0.4, -0.2) is 15.9 Å². The zero-order valence-electron chi connectivity index (χ0n) is 11.7. The highest BCUT2D eigenvalue weighted by atomic mass is 16.1. The molecule has 2 heterocycles. The second-order valence-corrected chi connectivity index (χ2v) is 4.65. The average molecular weight is 269 g/mol. The molecule has 2 aromatic rings. The third kappa shape index (κ3) is 4.16. The zero-order valence-corrected chi connectivity index (χ0v) is 11.7. The zero-order chi connectivity index (χ0) is 14.2. The normalized spacial score (nSPS) is 10.2. The van der Waals surface area contributed by atoms with Crippen molar-refractivity contribution in [3.05, 3.63) is 48.3 Å². The summed E-state index contributed by atoms with van der Waals surface area (Å²) in [6.07, 6.45) is 6.09. The summed E-state index contributed by atoms with van der Waals surface area (Å²) < 4.78 is 0. The van der Waals surface area contributed by atoms with Crippen LogP contribution < -0.4 is 5.32 Å². The number of aromatic nitrogens is 2. The van der Waals surface area contributed by atoms with Crippen molar-refractivity contribution in [2.75, 3.05) is 0 Å². The van der Waals surface area contributed by atoms with Gasteiger partial charge in [-0.05, 0) is 30.2 Å². The summed E-state index contributed by atoms with van der Waals surface area (Å²) >= 11 is 0. The highest BCUT2D eigenvalue weighted by Crippen LogP contribution is 2.13. The van der Waals surface area contributed by atoms with E-state index in [1.165, 1.54) is 0 Å². The van der Waals surface area contributed by atoms with Crippen molar-refractivity contribution in [2.45, 2.75) is 32.7 Å². The van der Waals surface area contributed by atoms with Gasteiger partial charge in [-0.15, -0.1) is 0 Å². The molecule has 0 bridgehead atoms. The first-order valence-corrected chi connectivity index (χ1v) is 6.92. The number of carbonyl (C=O) groups excluding carboxylic acids is 1. The van der Waals surface area contributed by atoms with Crippen LogP contribution in [0.4, 0.5) is 0 Å². The van der Waals surface area contributed by atoms with Gasteiger partial charge in [-0.2, -0.15) is 0 Å². The number of hydrogen-bond acceptors (Lipinski definition) is 3. The van der Waals surface area contributed by atoms with Gasteiger partial charge in [0.25, 0.3) is 0 Å². The van der Waals surface area contributed by atoms with E-state index in [2.05, 4.69) is 22.2 Å². The molecule has 0 saturated carbocycles. The lowest BCUT2D eigenvalue weighted by Gasteiger charge is -2.05. The van der Waals surface area contributed by atoms with E-state index in [0.717, 1.165) is 29.8 Å². The summed E-state index contributed by atoms with van der Waals surface area (Å²) in [5, 5.41) is 2.90. The molecule has 2 aromatic heterocycles. The molecule has 4 heteroatoms. The third-order valence-electron chi connectivity index (χ3n) is 3.00. The topological polar surface area (TPSA) is 54.9 Å². The van der Waals surface area contributed by atoms with Crippen LogP contribution in [-0.2, 0) is 11.3 Å². The van der Waals surface area contributed by atoms with Crippen molar-refractivity contribution in [2.24, 2.45) is 0 Å². The lowest BCUT2D eigenvalue weighted by molar-refractivity contribution is -0.121. The number of carbonyl (C=O) groups is 1. The molecule has 0 aliphatic rings. The largest absolute Gasteiger partial charge is 0.352 e. The van der Waals surface area contributed by atoms with Gasteiger partial charge >= 0.3 is 0 Å². The van der Waals surface area contributed by atoms with Crippen LogP contribution in [0, 0.1) is 0 Å². The molecule has 1 amide bonds. The summed E-state index contributed by atoms with van der Waals surface area (Å²) in [6.45, 7) is 2.60. The smallest absolute Gasteiger partial charge is 0.220 e. The minimum Gasteiger partial charge on any atom is -0.352 e. The van der Waals surface area contributed by atoms with Gasteiger partial charge in [0.2, 0.25) is 5.91 Å². The molecule has 104 valence electrons. The Bertz CT molecular complexity index is 537. The number of unbranched alkanes of at least 4 members (excludes halogenated alkanes) is 1. The molecule has 20 heavy (non-hydrogen) atoms. The first-order valence-electron chi connectivity index (χ1n) is 6.92. The average Bonchev–Trinajstić information content (AvgIpc) is 2.52. The Balaban J connectivity index is 1.90. The third-order valence-corrected chi connectivity index (χ3v) is 3.00. The fraction of sp³-hybridized carbons (Fsp3) is 0.312. The molecule has 1 N–H and O–H groups in total. The first kappa shape index (κ1) is 14.2. The molecule has 2 rings (SSSR count). The van der Waals surface area contributed by atoms with Crippen LogP contribution in [0.5, 0.6) is 0 Å². The van der Waals surface area contributed by atoms with Crippen LogP contribution in [0.1, 0.15) is 31.7 Å². The second-order valence-electron chi connectivity index (χ2n) is 4.65. The van der Waals surface area contributed by atoms with E-state index in [0.29, 0.717) is 13.0 Å². The molecule has 0 saturated heterocycles. The highest BCUT2D eigenvalue weighted by molar-refractivity contribution is 5.75. The summed E-state index contributed by atoms with van der Waals surface area (Å²) in [5.41, 5.74) is 2.69. The molecule has 0 fully saturated rings. The van der Waals surface area contributed by atoms with Gasteiger partial charge < -0.3 is 5.32 Å². The van der Waals surface area contributed by atoms with E-state index < -0.39 is 0 Å². The summed E-state index contributed by atoms with van der Waals surface area (Å²) in [4.78, 5) is 20.2. The maximum Gasteiger partial charge on any atom is 0.220 e. The lowest BCUT2D eigenvalue weighted by atomic mass is 10.2. The highest BCUT2D eigenvalue weighted by Gasteiger charge is 2.02. The molecule has 0 aliphatic heterocycles. The molecule has 0 radical (unpaired) electrons. The Labute approximate surface area is 119 Å². The van der Waals surface area contributed by atoms with Crippen molar-refractivity contribution in [3.8, 4) is 11.4 Å². The van der Waals surface area contributed by atoms with Crippen LogP contribution in [0.25, 0.3) is 11.4 Å². The summed E-state index contributed by atoms with van der Waals surface area (Å²) in [7, 11) is 0. The monoisotopic (exact) mass is 269 g/mol. The van der Waals surface area contributed by atoms with Gasteiger partial charge in [0.15, 0.2) is 0 Å². The molecular weight excluding hydrogens is 250 g/mol.